The molecule has 0 radical (unpaired) electrons. The quantitative estimate of drug-likeness (QED) is 0.798. The Morgan fingerprint density at radius 3 is 2.48 bits per heavy atom. The highest BCUT2D eigenvalue weighted by Gasteiger charge is 2.72. The molecule has 0 amide bonds. The number of aryl methyl sites for hydroxylation is 1. The summed E-state index contributed by atoms with van der Waals surface area (Å²) in [5.74, 6) is -0.470. The first-order valence-corrected chi connectivity index (χ1v) is 9.75. The first-order chi connectivity index (χ1) is 11.9. The van der Waals surface area contributed by atoms with E-state index in [1.807, 2.05) is 13.0 Å². The second-order valence-corrected chi connectivity index (χ2v) is 8.90. The Bertz CT molecular complexity index is 934. The third-order valence-electron chi connectivity index (χ3n) is 4.74. The molecule has 25 heavy (non-hydrogen) atoms. The van der Waals surface area contributed by atoms with Crippen molar-refractivity contribution >= 4 is 21.4 Å². The summed E-state index contributed by atoms with van der Waals surface area (Å²) in [5, 5.41) is 9.44. The van der Waals surface area contributed by atoms with Crippen LogP contribution in [-0.4, -0.2) is 27.4 Å². The van der Waals surface area contributed by atoms with Crippen LogP contribution in [0.3, 0.4) is 0 Å². The predicted octanol–water partition coefficient (Wildman–Crippen LogP) is 3.74. The van der Waals surface area contributed by atoms with Crippen molar-refractivity contribution in [3.05, 3.63) is 64.7 Å². The molecule has 4 nitrogen and oxygen atoms in total. The highest BCUT2D eigenvalue weighted by molar-refractivity contribution is 7.92. The minimum absolute atomic E-state index is 0.0520. The second-order valence-electron chi connectivity index (χ2n) is 6.40. The van der Waals surface area contributed by atoms with Crippen molar-refractivity contribution in [3.63, 3.8) is 0 Å². The van der Waals surface area contributed by atoms with Crippen LogP contribution in [0.4, 0.5) is 0 Å². The minimum atomic E-state index is -3.68. The Morgan fingerprint density at radius 1 is 1.24 bits per heavy atom. The van der Waals surface area contributed by atoms with E-state index in [-0.39, 0.29) is 11.5 Å². The van der Waals surface area contributed by atoms with Gasteiger partial charge in [-0.3, -0.25) is 0 Å². The monoisotopic (exact) mass is 375 g/mol. The third kappa shape index (κ3) is 2.95. The summed E-state index contributed by atoms with van der Waals surface area (Å²) in [5.41, 5.74) is 0.611. The minimum Gasteiger partial charge on any atom is -0.383 e. The Labute approximate surface area is 152 Å². The number of methoxy groups -OCH3 is 1. The molecule has 3 unspecified atom stereocenters. The molecular weight excluding hydrogens is 358 g/mol. The van der Waals surface area contributed by atoms with Crippen LogP contribution in [-0.2, 0) is 14.6 Å². The van der Waals surface area contributed by atoms with Crippen LogP contribution in [0.25, 0.3) is 0 Å². The average molecular weight is 376 g/mol. The maximum atomic E-state index is 13.2. The molecule has 6 heteroatoms. The molecule has 0 bridgehead atoms. The van der Waals surface area contributed by atoms with Gasteiger partial charge in [0.15, 0.2) is 9.84 Å². The molecule has 0 aliphatic heterocycles. The van der Waals surface area contributed by atoms with Crippen LogP contribution < -0.4 is 0 Å². The fraction of sp³-hybridized carbons (Fsp3) is 0.316. The first-order valence-electron chi connectivity index (χ1n) is 7.83. The molecule has 3 rings (SSSR count). The van der Waals surface area contributed by atoms with Gasteiger partial charge in [-0.1, -0.05) is 41.4 Å². The van der Waals surface area contributed by atoms with E-state index in [1.165, 1.54) is 7.11 Å². The van der Waals surface area contributed by atoms with Gasteiger partial charge >= 0.3 is 0 Å². The lowest BCUT2D eigenvalue weighted by Crippen LogP contribution is -2.19. The van der Waals surface area contributed by atoms with Crippen molar-refractivity contribution in [3.8, 4) is 6.07 Å². The number of hydrogen-bond donors (Lipinski definition) is 0. The van der Waals surface area contributed by atoms with Crippen molar-refractivity contribution in [2.75, 3.05) is 13.7 Å². The molecule has 0 heterocycles. The Kier molecular flexibility index (Phi) is 4.63. The van der Waals surface area contributed by atoms with Crippen molar-refractivity contribution in [1.82, 2.24) is 0 Å². The van der Waals surface area contributed by atoms with Crippen LogP contribution in [0, 0.1) is 23.7 Å². The number of rotatable bonds is 5. The number of nitriles is 1. The van der Waals surface area contributed by atoms with Gasteiger partial charge < -0.3 is 4.74 Å². The molecule has 1 aliphatic carbocycles. The van der Waals surface area contributed by atoms with E-state index in [1.54, 1.807) is 42.5 Å². The number of nitrogens with zero attached hydrogens (tertiary/aromatic N) is 1. The Balaban J connectivity index is 2.09. The van der Waals surface area contributed by atoms with Gasteiger partial charge in [0.05, 0.1) is 22.8 Å². The number of halogens is 1. The molecule has 3 atom stereocenters. The largest absolute Gasteiger partial charge is 0.383 e. The number of benzene rings is 2. The molecule has 130 valence electrons. The van der Waals surface area contributed by atoms with Gasteiger partial charge in [-0.25, -0.2) is 8.42 Å². The molecule has 2 aromatic rings. The van der Waals surface area contributed by atoms with Crippen molar-refractivity contribution in [2.45, 2.75) is 23.0 Å². The van der Waals surface area contributed by atoms with E-state index in [4.69, 9.17) is 16.3 Å². The molecule has 2 aromatic carbocycles. The lowest BCUT2D eigenvalue weighted by molar-refractivity contribution is 0.162. The molecule has 0 N–H and O–H groups in total. The zero-order valence-corrected chi connectivity index (χ0v) is 15.5. The molecular formula is C19H18ClNO3S. The van der Waals surface area contributed by atoms with Crippen LogP contribution in [0.5, 0.6) is 0 Å². The van der Waals surface area contributed by atoms with Crippen molar-refractivity contribution in [2.24, 2.45) is 5.41 Å². The fourth-order valence-electron chi connectivity index (χ4n) is 3.48. The number of sulfone groups is 1. The normalized spacial score (nSPS) is 25.4. The van der Waals surface area contributed by atoms with Gasteiger partial charge in [-0.2, -0.15) is 5.26 Å². The summed E-state index contributed by atoms with van der Waals surface area (Å²) in [7, 11) is -2.21. The van der Waals surface area contributed by atoms with Gasteiger partial charge in [0.2, 0.25) is 0 Å². The van der Waals surface area contributed by atoms with Gasteiger partial charge in [0.1, 0.15) is 5.41 Å². The van der Waals surface area contributed by atoms with Gasteiger partial charge in [-0.05, 0) is 36.8 Å². The molecule has 0 spiro atoms. The van der Waals surface area contributed by atoms with E-state index in [0.717, 1.165) is 11.1 Å². The molecule has 1 aliphatic rings. The maximum Gasteiger partial charge on any atom is 0.183 e. The van der Waals surface area contributed by atoms with Crippen LogP contribution in [0.2, 0.25) is 5.02 Å². The Morgan fingerprint density at radius 2 is 1.92 bits per heavy atom. The first kappa shape index (κ1) is 17.9. The average Bonchev–Trinajstić information content (AvgIpc) is 3.26. The molecule has 0 saturated heterocycles. The van der Waals surface area contributed by atoms with Gasteiger partial charge in [-0.15, -0.1) is 0 Å². The van der Waals surface area contributed by atoms with Crippen LogP contribution in [0.15, 0.2) is 53.4 Å². The highest BCUT2D eigenvalue weighted by Crippen LogP contribution is 2.64. The van der Waals surface area contributed by atoms with E-state index in [9.17, 15) is 13.7 Å². The summed E-state index contributed by atoms with van der Waals surface area (Å²) < 4.78 is 31.6. The third-order valence-corrected chi connectivity index (χ3v) is 7.26. The zero-order chi connectivity index (χ0) is 18.2. The predicted molar refractivity (Wildman–Crippen MR) is 96.3 cm³/mol. The van der Waals surface area contributed by atoms with E-state index >= 15 is 0 Å². The summed E-state index contributed by atoms with van der Waals surface area (Å²) in [6.07, 6.45) is 0. The SMILES string of the molecule is COCC1(C#N)C(c2cccc(Cl)c2)C1S(=O)(=O)c1ccc(C)cc1. The van der Waals surface area contributed by atoms with E-state index in [2.05, 4.69) is 6.07 Å². The maximum absolute atomic E-state index is 13.2. The highest BCUT2D eigenvalue weighted by atomic mass is 35.5. The summed E-state index contributed by atoms with van der Waals surface area (Å²) >= 11 is 6.06. The lowest BCUT2D eigenvalue weighted by atomic mass is 10.0. The fourth-order valence-corrected chi connectivity index (χ4v) is 5.99. The van der Waals surface area contributed by atoms with Crippen molar-refractivity contribution in [1.29, 1.82) is 5.26 Å². The standard InChI is InChI=1S/C19H18ClNO3S/c1-13-6-8-16(9-7-13)25(22,23)18-17(19(18,11-21)12-24-2)14-4-3-5-15(20)10-14/h3-10,17-18H,12H2,1-2H3. The van der Waals surface area contributed by atoms with Crippen LogP contribution >= 0.6 is 11.6 Å². The number of hydrogen-bond acceptors (Lipinski definition) is 4. The lowest BCUT2D eigenvalue weighted by Gasteiger charge is -2.08. The second kappa shape index (κ2) is 6.45. The zero-order valence-electron chi connectivity index (χ0n) is 13.9. The molecule has 1 saturated carbocycles. The smallest absolute Gasteiger partial charge is 0.183 e. The summed E-state index contributed by atoms with van der Waals surface area (Å²) in [6.45, 7) is 1.95. The van der Waals surface area contributed by atoms with Crippen LogP contribution in [0.1, 0.15) is 17.0 Å². The van der Waals surface area contributed by atoms with E-state index in [0.29, 0.717) is 5.02 Å². The van der Waals surface area contributed by atoms with Gasteiger partial charge in [0.25, 0.3) is 0 Å². The topological polar surface area (TPSA) is 67.2 Å². The molecule has 0 aromatic heterocycles. The summed E-state index contributed by atoms with van der Waals surface area (Å²) in [4.78, 5) is 0.225. The van der Waals surface area contributed by atoms with Crippen molar-refractivity contribution < 1.29 is 13.2 Å². The summed E-state index contributed by atoms with van der Waals surface area (Å²) in [6, 6.07) is 15.9. The number of ether oxygens (including phenoxy) is 1. The van der Waals surface area contributed by atoms with E-state index < -0.39 is 26.4 Å². The van der Waals surface area contributed by atoms with Gasteiger partial charge in [0, 0.05) is 18.1 Å². The molecule has 1 fully saturated rings. The Hall–Kier alpha value is -1.87.